The quantitative estimate of drug-likeness (QED) is 0.927. The maximum Gasteiger partial charge on any atom is 0.125 e. The number of benzene rings is 2. The Morgan fingerprint density at radius 1 is 0.950 bits per heavy atom. The van der Waals surface area contributed by atoms with Gasteiger partial charge in [-0.25, -0.2) is 0 Å². The number of para-hydroxylation sites is 1. The minimum atomic E-state index is -0.713. The molecule has 0 bridgehead atoms. The van der Waals surface area contributed by atoms with Gasteiger partial charge in [-0.05, 0) is 48.7 Å². The first-order chi connectivity index (χ1) is 9.58. The van der Waals surface area contributed by atoms with Gasteiger partial charge in [0.2, 0.25) is 0 Å². The van der Waals surface area contributed by atoms with Gasteiger partial charge in [-0.15, -0.1) is 0 Å². The van der Waals surface area contributed by atoms with Gasteiger partial charge in [0, 0.05) is 5.56 Å². The van der Waals surface area contributed by atoms with E-state index in [1.54, 1.807) is 14.2 Å². The van der Waals surface area contributed by atoms with Crippen LogP contribution in [-0.4, -0.2) is 19.3 Å². The molecule has 0 fully saturated rings. The van der Waals surface area contributed by atoms with Gasteiger partial charge in [-0.3, -0.25) is 0 Å². The van der Waals surface area contributed by atoms with E-state index in [0.29, 0.717) is 5.75 Å². The fraction of sp³-hybridized carbons (Fsp3) is 0.294. The maximum atomic E-state index is 10.6. The fourth-order valence-corrected chi connectivity index (χ4v) is 2.54. The summed E-state index contributed by atoms with van der Waals surface area (Å²) in [5, 5.41) is 10.6. The summed E-state index contributed by atoms with van der Waals surface area (Å²) in [6.07, 6.45) is -0.713. The van der Waals surface area contributed by atoms with E-state index in [0.717, 1.165) is 28.0 Å². The molecule has 0 aliphatic heterocycles. The largest absolute Gasteiger partial charge is 0.496 e. The zero-order chi connectivity index (χ0) is 14.7. The first kappa shape index (κ1) is 14.4. The normalized spacial score (nSPS) is 12.1. The van der Waals surface area contributed by atoms with Gasteiger partial charge in [-0.1, -0.05) is 18.2 Å². The van der Waals surface area contributed by atoms with Gasteiger partial charge in [0.1, 0.15) is 17.6 Å². The molecule has 0 aliphatic rings. The second kappa shape index (κ2) is 5.97. The molecule has 1 atom stereocenters. The highest BCUT2D eigenvalue weighted by Gasteiger charge is 2.17. The van der Waals surface area contributed by atoms with E-state index in [4.69, 9.17) is 9.47 Å². The van der Waals surface area contributed by atoms with Crippen LogP contribution in [0.1, 0.15) is 28.4 Å². The van der Waals surface area contributed by atoms with Crippen molar-refractivity contribution < 1.29 is 14.6 Å². The standard InChI is InChI=1S/C17H20O3/c1-11-9-13(10-12(2)17(11)20-4)16(18)14-7-5-6-8-15(14)19-3/h5-10,16,18H,1-4H3. The van der Waals surface area contributed by atoms with E-state index in [1.165, 1.54) is 0 Å². The third-order valence-corrected chi connectivity index (χ3v) is 3.44. The molecule has 3 heteroatoms. The van der Waals surface area contributed by atoms with E-state index in [9.17, 15) is 5.11 Å². The number of rotatable bonds is 4. The van der Waals surface area contributed by atoms with Gasteiger partial charge in [0.15, 0.2) is 0 Å². The molecule has 3 nitrogen and oxygen atoms in total. The molecule has 0 radical (unpaired) electrons. The SMILES string of the molecule is COc1ccccc1C(O)c1cc(C)c(OC)c(C)c1. The summed E-state index contributed by atoms with van der Waals surface area (Å²) in [6, 6.07) is 11.4. The predicted molar refractivity (Wildman–Crippen MR) is 79.5 cm³/mol. The van der Waals surface area contributed by atoms with Crippen LogP contribution in [0.2, 0.25) is 0 Å². The molecule has 0 heterocycles. The number of aliphatic hydroxyl groups excluding tert-OH is 1. The van der Waals surface area contributed by atoms with Crippen LogP contribution in [0, 0.1) is 13.8 Å². The molecule has 106 valence electrons. The van der Waals surface area contributed by atoms with Crippen LogP contribution in [0.15, 0.2) is 36.4 Å². The molecule has 0 saturated heterocycles. The van der Waals surface area contributed by atoms with Crippen molar-refractivity contribution >= 4 is 0 Å². The summed E-state index contributed by atoms with van der Waals surface area (Å²) < 4.78 is 10.7. The highest BCUT2D eigenvalue weighted by atomic mass is 16.5. The Kier molecular flexibility index (Phi) is 4.30. The van der Waals surface area contributed by atoms with Crippen molar-refractivity contribution in [2.45, 2.75) is 20.0 Å². The zero-order valence-electron chi connectivity index (χ0n) is 12.3. The Morgan fingerprint density at radius 3 is 2.10 bits per heavy atom. The van der Waals surface area contributed by atoms with Crippen LogP contribution in [0.5, 0.6) is 11.5 Å². The molecule has 0 spiro atoms. The van der Waals surface area contributed by atoms with E-state index in [-0.39, 0.29) is 0 Å². The highest BCUT2D eigenvalue weighted by molar-refractivity contribution is 5.47. The molecule has 1 unspecified atom stereocenters. The number of hydrogen-bond donors (Lipinski definition) is 1. The third-order valence-electron chi connectivity index (χ3n) is 3.44. The summed E-state index contributed by atoms with van der Waals surface area (Å²) in [4.78, 5) is 0. The Bertz CT molecular complexity index is 582. The topological polar surface area (TPSA) is 38.7 Å². The van der Waals surface area contributed by atoms with Gasteiger partial charge in [0.05, 0.1) is 14.2 Å². The molecule has 0 aliphatic carbocycles. The van der Waals surface area contributed by atoms with Crippen LogP contribution >= 0.6 is 0 Å². The number of ether oxygens (including phenoxy) is 2. The second-order valence-electron chi connectivity index (χ2n) is 4.83. The molecule has 0 amide bonds. The van der Waals surface area contributed by atoms with Crippen LogP contribution in [-0.2, 0) is 0 Å². The summed E-state index contributed by atoms with van der Waals surface area (Å²) in [6.45, 7) is 3.95. The summed E-state index contributed by atoms with van der Waals surface area (Å²) in [5.74, 6) is 1.55. The molecular weight excluding hydrogens is 252 g/mol. The Balaban J connectivity index is 2.46. The van der Waals surface area contributed by atoms with Gasteiger partial charge < -0.3 is 14.6 Å². The maximum absolute atomic E-state index is 10.6. The average molecular weight is 272 g/mol. The minimum absolute atomic E-state index is 0.686. The lowest BCUT2D eigenvalue weighted by Crippen LogP contribution is -2.04. The zero-order valence-corrected chi connectivity index (χ0v) is 12.3. The number of aliphatic hydroxyl groups is 1. The van der Waals surface area contributed by atoms with Crippen molar-refractivity contribution in [3.05, 3.63) is 58.7 Å². The van der Waals surface area contributed by atoms with Crippen LogP contribution < -0.4 is 9.47 Å². The highest BCUT2D eigenvalue weighted by Crippen LogP contribution is 2.33. The Hall–Kier alpha value is -2.00. The van der Waals surface area contributed by atoms with Crippen molar-refractivity contribution in [3.63, 3.8) is 0 Å². The Morgan fingerprint density at radius 2 is 1.55 bits per heavy atom. The number of aryl methyl sites for hydroxylation is 2. The van der Waals surface area contributed by atoms with Crippen molar-refractivity contribution in [3.8, 4) is 11.5 Å². The van der Waals surface area contributed by atoms with E-state index >= 15 is 0 Å². The van der Waals surface area contributed by atoms with Gasteiger partial charge >= 0.3 is 0 Å². The summed E-state index contributed by atoms with van der Waals surface area (Å²) >= 11 is 0. The summed E-state index contributed by atoms with van der Waals surface area (Å²) in [5.41, 5.74) is 3.62. The number of hydrogen-bond acceptors (Lipinski definition) is 3. The van der Waals surface area contributed by atoms with Crippen LogP contribution in [0.25, 0.3) is 0 Å². The Labute approximate surface area is 119 Å². The molecule has 2 aromatic rings. The molecule has 2 rings (SSSR count). The lowest BCUT2D eigenvalue weighted by molar-refractivity contribution is 0.214. The first-order valence-corrected chi connectivity index (χ1v) is 6.54. The lowest BCUT2D eigenvalue weighted by atomic mass is 9.96. The van der Waals surface area contributed by atoms with Crippen molar-refractivity contribution in [2.24, 2.45) is 0 Å². The number of methoxy groups -OCH3 is 2. The smallest absolute Gasteiger partial charge is 0.125 e. The minimum Gasteiger partial charge on any atom is -0.496 e. The van der Waals surface area contributed by atoms with Crippen LogP contribution in [0.3, 0.4) is 0 Å². The van der Waals surface area contributed by atoms with Gasteiger partial charge in [-0.2, -0.15) is 0 Å². The predicted octanol–water partition coefficient (Wildman–Crippen LogP) is 3.40. The monoisotopic (exact) mass is 272 g/mol. The lowest BCUT2D eigenvalue weighted by Gasteiger charge is -2.18. The van der Waals surface area contributed by atoms with E-state index < -0.39 is 6.10 Å². The van der Waals surface area contributed by atoms with Crippen molar-refractivity contribution in [2.75, 3.05) is 14.2 Å². The fourth-order valence-electron chi connectivity index (χ4n) is 2.54. The average Bonchev–Trinajstić information content (AvgIpc) is 2.46. The second-order valence-corrected chi connectivity index (χ2v) is 4.83. The molecule has 2 aromatic carbocycles. The van der Waals surface area contributed by atoms with E-state index in [2.05, 4.69) is 0 Å². The molecule has 20 heavy (non-hydrogen) atoms. The van der Waals surface area contributed by atoms with Crippen molar-refractivity contribution in [1.82, 2.24) is 0 Å². The molecular formula is C17H20O3. The van der Waals surface area contributed by atoms with Gasteiger partial charge in [0.25, 0.3) is 0 Å². The molecule has 0 saturated carbocycles. The molecule has 1 N–H and O–H groups in total. The summed E-state index contributed by atoms with van der Waals surface area (Å²) in [7, 11) is 3.27. The molecule has 0 aromatic heterocycles. The third kappa shape index (κ3) is 2.63. The van der Waals surface area contributed by atoms with Crippen molar-refractivity contribution in [1.29, 1.82) is 0 Å². The van der Waals surface area contributed by atoms with E-state index in [1.807, 2.05) is 50.2 Å². The first-order valence-electron chi connectivity index (χ1n) is 6.54. The van der Waals surface area contributed by atoms with Crippen LogP contribution in [0.4, 0.5) is 0 Å².